The fourth-order valence-corrected chi connectivity index (χ4v) is 7.37. The topological polar surface area (TPSA) is 118 Å². The van der Waals surface area contributed by atoms with Gasteiger partial charge in [-0.1, -0.05) is 121 Å². The van der Waals surface area contributed by atoms with Crippen LogP contribution in [0.2, 0.25) is 0 Å². The summed E-state index contributed by atoms with van der Waals surface area (Å²) in [6.45, 7) is 4.34. The zero-order valence-electron chi connectivity index (χ0n) is 27.2. The number of unbranched alkanes of at least 4 members (excludes halogenated alkanes) is 12. The maximum absolute atomic E-state index is 14.3. The number of rotatable bonds is 19. The molecule has 46 heavy (non-hydrogen) atoms. The number of carbonyl (C=O) groups is 2. The Labute approximate surface area is 277 Å². The van der Waals surface area contributed by atoms with Crippen LogP contribution >= 0.6 is 11.8 Å². The third-order valence-corrected chi connectivity index (χ3v) is 9.93. The Balaban J connectivity index is 1.71. The van der Waals surface area contributed by atoms with E-state index in [0.717, 1.165) is 56.3 Å². The number of carbonyl (C=O) groups excluding carboxylic acids is 2. The van der Waals surface area contributed by atoms with E-state index in [1.54, 1.807) is 6.07 Å². The summed E-state index contributed by atoms with van der Waals surface area (Å²) in [4.78, 5) is 41.4. The standard InChI is InChI=1S/C38H47NO6S/c1-3-5-7-9-11-13-16-20-26-24-29(39(44)45)31-33(35(26)40)38(43)32-30(46-28-22-18-15-19-23-28)25-27(36(41)34(32)37(31)42)21-17-14-12-10-8-6-4-2/h15,18-19,22-25,40-41H,3-14,16-17,20-21H2,1-2H3. The molecule has 0 spiro atoms. The minimum absolute atomic E-state index is 0.00941. The van der Waals surface area contributed by atoms with Crippen LogP contribution in [0.5, 0.6) is 11.5 Å². The number of phenolic OH excluding ortho intramolecular Hbond substituents is 2. The first-order valence-electron chi connectivity index (χ1n) is 17.0. The molecule has 0 heterocycles. The zero-order chi connectivity index (χ0) is 33.1. The number of fused-ring (bicyclic) bond motifs is 2. The van der Waals surface area contributed by atoms with Crippen LogP contribution in [0, 0.1) is 10.1 Å². The summed E-state index contributed by atoms with van der Waals surface area (Å²) < 4.78 is 0. The molecule has 3 aromatic rings. The molecule has 0 saturated carbocycles. The number of hydrogen-bond acceptors (Lipinski definition) is 7. The maximum Gasteiger partial charge on any atom is 0.281 e. The Morgan fingerprint density at radius 1 is 0.630 bits per heavy atom. The van der Waals surface area contributed by atoms with E-state index >= 15 is 0 Å². The fraction of sp³-hybridized carbons (Fsp3) is 0.474. The van der Waals surface area contributed by atoms with Gasteiger partial charge in [-0.15, -0.1) is 0 Å². The molecule has 4 rings (SSSR count). The Morgan fingerprint density at radius 2 is 1.09 bits per heavy atom. The third kappa shape index (κ3) is 8.38. The van der Waals surface area contributed by atoms with Gasteiger partial charge in [0.2, 0.25) is 5.78 Å². The highest BCUT2D eigenvalue weighted by molar-refractivity contribution is 7.99. The van der Waals surface area contributed by atoms with Crippen molar-refractivity contribution in [1.82, 2.24) is 0 Å². The number of nitro benzene ring substituents is 1. The van der Waals surface area contributed by atoms with Crippen LogP contribution < -0.4 is 0 Å². The van der Waals surface area contributed by atoms with Crippen LogP contribution in [-0.2, 0) is 12.8 Å². The number of hydrogen-bond donors (Lipinski definition) is 2. The summed E-state index contributed by atoms with van der Waals surface area (Å²) in [7, 11) is 0. The molecule has 0 bridgehead atoms. The molecule has 0 radical (unpaired) electrons. The van der Waals surface area contributed by atoms with Crippen molar-refractivity contribution in [3.63, 3.8) is 0 Å². The van der Waals surface area contributed by atoms with Crippen LogP contribution in [0.3, 0.4) is 0 Å². The van der Waals surface area contributed by atoms with Crippen molar-refractivity contribution in [3.8, 4) is 11.5 Å². The van der Waals surface area contributed by atoms with E-state index in [2.05, 4.69) is 13.8 Å². The van der Waals surface area contributed by atoms with Crippen LogP contribution in [0.1, 0.15) is 147 Å². The largest absolute Gasteiger partial charge is 0.507 e. The number of nitrogens with zero attached hydrogens (tertiary/aromatic N) is 1. The average Bonchev–Trinajstić information content (AvgIpc) is 3.04. The summed E-state index contributed by atoms with van der Waals surface area (Å²) in [5.74, 6) is -2.16. The monoisotopic (exact) mass is 645 g/mol. The molecule has 8 heteroatoms. The van der Waals surface area contributed by atoms with Crippen molar-refractivity contribution in [2.24, 2.45) is 0 Å². The minimum Gasteiger partial charge on any atom is -0.507 e. The molecule has 0 fully saturated rings. The fourth-order valence-electron chi connectivity index (χ4n) is 6.33. The van der Waals surface area contributed by atoms with Crippen molar-refractivity contribution in [2.75, 3.05) is 0 Å². The van der Waals surface area contributed by atoms with Gasteiger partial charge < -0.3 is 10.2 Å². The van der Waals surface area contributed by atoms with E-state index in [9.17, 15) is 29.9 Å². The molecule has 3 aromatic carbocycles. The van der Waals surface area contributed by atoms with Gasteiger partial charge in [0.25, 0.3) is 5.69 Å². The van der Waals surface area contributed by atoms with E-state index in [1.807, 2.05) is 30.3 Å². The molecular formula is C38H47NO6S. The zero-order valence-corrected chi connectivity index (χ0v) is 28.1. The molecule has 2 N–H and O–H groups in total. The Bertz CT molecular complexity index is 1530. The van der Waals surface area contributed by atoms with Crippen molar-refractivity contribution < 1.29 is 24.7 Å². The summed E-state index contributed by atoms with van der Waals surface area (Å²) in [6.07, 6.45) is 15.7. The van der Waals surface area contributed by atoms with Gasteiger partial charge in [-0.05, 0) is 49.4 Å². The highest BCUT2D eigenvalue weighted by Crippen LogP contribution is 2.47. The lowest BCUT2D eigenvalue weighted by Crippen LogP contribution is -2.24. The van der Waals surface area contributed by atoms with Crippen LogP contribution in [0.15, 0.2) is 52.3 Å². The van der Waals surface area contributed by atoms with Gasteiger partial charge in [-0.25, -0.2) is 0 Å². The molecule has 0 amide bonds. The smallest absolute Gasteiger partial charge is 0.281 e. The second-order valence-corrected chi connectivity index (χ2v) is 13.5. The first-order valence-corrected chi connectivity index (χ1v) is 17.9. The Kier molecular flexibility index (Phi) is 13.3. The number of phenols is 2. The molecule has 1 aliphatic rings. The predicted octanol–water partition coefficient (Wildman–Crippen LogP) is 10.5. The first kappa shape index (κ1) is 35.2. The number of aromatic hydroxyl groups is 2. The lowest BCUT2D eigenvalue weighted by Gasteiger charge is -2.24. The van der Waals surface area contributed by atoms with Gasteiger partial charge >= 0.3 is 0 Å². The average molecular weight is 646 g/mol. The van der Waals surface area contributed by atoms with Gasteiger partial charge in [-0.2, -0.15) is 0 Å². The van der Waals surface area contributed by atoms with Crippen molar-refractivity contribution in [3.05, 3.63) is 86.0 Å². The molecule has 0 atom stereocenters. The van der Waals surface area contributed by atoms with Gasteiger partial charge in [0.15, 0.2) is 5.78 Å². The second kappa shape index (κ2) is 17.3. The van der Waals surface area contributed by atoms with Crippen molar-refractivity contribution in [2.45, 2.75) is 126 Å². The molecule has 7 nitrogen and oxygen atoms in total. The normalized spacial score (nSPS) is 12.3. The molecule has 1 aliphatic carbocycles. The molecule has 0 saturated heterocycles. The predicted molar refractivity (Wildman–Crippen MR) is 184 cm³/mol. The van der Waals surface area contributed by atoms with Gasteiger partial charge in [0.1, 0.15) is 17.1 Å². The SMILES string of the molecule is CCCCCCCCCc1cc(Sc2ccccc2)c2c(c1O)C(=O)c1c([N+](=O)[O-])cc(CCCCCCCCC)c(O)c1C2=O. The summed E-state index contributed by atoms with van der Waals surface area (Å²) >= 11 is 1.30. The summed E-state index contributed by atoms with van der Waals surface area (Å²) in [5.41, 5.74) is -0.674. The molecule has 0 aliphatic heterocycles. The minimum atomic E-state index is -0.803. The summed E-state index contributed by atoms with van der Waals surface area (Å²) in [6, 6.07) is 12.4. The van der Waals surface area contributed by atoms with Gasteiger partial charge in [-0.3, -0.25) is 19.7 Å². The van der Waals surface area contributed by atoms with E-state index in [-0.39, 0.29) is 28.2 Å². The molecule has 246 valence electrons. The second-order valence-electron chi connectivity index (χ2n) is 12.4. The van der Waals surface area contributed by atoms with E-state index in [1.165, 1.54) is 49.9 Å². The van der Waals surface area contributed by atoms with E-state index in [4.69, 9.17) is 0 Å². The third-order valence-electron chi connectivity index (χ3n) is 8.88. The number of ketones is 2. The molecule has 0 unspecified atom stereocenters. The Hall–Kier alpha value is -3.65. The van der Waals surface area contributed by atoms with Crippen LogP contribution in [0.4, 0.5) is 5.69 Å². The maximum atomic E-state index is 14.3. The van der Waals surface area contributed by atoms with Crippen molar-refractivity contribution >= 4 is 29.0 Å². The van der Waals surface area contributed by atoms with E-state index in [0.29, 0.717) is 35.3 Å². The number of aryl methyl sites for hydroxylation is 2. The van der Waals surface area contributed by atoms with E-state index < -0.39 is 27.7 Å². The number of benzene rings is 3. The van der Waals surface area contributed by atoms with Gasteiger partial charge in [0, 0.05) is 21.4 Å². The summed E-state index contributed by atoms with van der Waals surface area (Å²) in [5, 5.41) is 35.2. The lowest BCUT2D eigenvalue weighted by molar-refractivity contribution is -0.385. The van der Waals surface area contributed by atoms with Crippen LogP contribution in [-0.4, -0.2) is 26.7 Å². The van der Waals surface area contributed by atoms with Gasteiger partial charge in [0.05, 0.1) is 21.6 Å². The highest BCUT2D eigenvalue weighted by Gasteiger charge is 2.42. The molecule has 0 aromatic heterocycles. The number of nitro groups is 1. The quantitative estimate of drug-likeness (QED) is 0.0592. The Morgan fingerprint density at radius 3 is 1.61 bits per heavy atom. The van der Waals surface area contributed by atoms with Crippen LogP contribution in [0.25, 0.3) is 0 Å². The first-order chi connectivity index (χ1) is 22.3. The lowest BCUT2D eigenvalue weighted by atomic mass is 9.79. The molecular weight excluding hydrogens is 598 g/mol. The van der Waals surface area contributed by atoms with Crippen molar-refractivity contribution in [1.29, 1.82) is 0 Å². The highest BCUT2D eigenvalue weighted by atomic mass is 32.2.